The average molecular weight is 573 g/mol. The molecule has 11 heteroatoms. The monoisotopic (exact) mass is 572 g/mol. The molecule has 0 aliphatic rings. The smallest absolute Gasteiger partial charge is 0.416 e. The molecule has 0 saturated carbocycles. The van der Waals surface area contributed by atoms with Crippen LogP contribution in [0.5, 0.6) is 0 Å². The van der Waals surface area contributed by atoms with Gasteiger partial charge in [0, 0.05) is 17.5 Å². The Bertz CT molecular complexity index is 1340. The largest absolute Gasteiger partial charge is 0.481 e. The number of aryl methyl sites for hydroxylation is 1. The van der Waals surface area contributed by atoms with Crippen LogP contribution >= 0.6 is 0 Å². The van der Waals surface area contributed by atoms with Gasteiger partial charge in [-0.25, -0.2) is 4.79 Å². The topological polar surface area (TPSA) is 107 Å². The van der Waals surface area contributed by atoms with E-state index in [9.17, 15) is 22.8 Å². The second-order valence-corrected chi connectivity index (χ2v) is 8.53. The molecule has 0 fully saturated rings. The zero-order valence-electron chi connectivity index (χ0n) is 22.9. The van der Waals surface area contributed by atoms with Gasteiger partial charge in [0.15, 0.2) is 5.71 Å². The average Bonchev–Trinajstić information content (AvgIpc) is 2.96. The first kappa shape index (κ1) is 32.5. The Balaban J connectivity index is 0.000000408. The fourth-order valence-corrected chi connectivity index (χ4v) is 3.52. The molecule has 0 spiro atoms. The molecule has 0 aliphatic carbocycles. The fourth-order valence-electron chi connectivity index (χ4n) is 3.52. The quantitative estimate of drug-likeness (QED) is 0.165. The van der Waals surface area contributed by atoms with Gasteiger partial charge in [0.05, 0.1) is 18.4 Å². The van der Waals surface area contributed by atoms with E-state index in [-0.39, 0.29) is 30.0 Å². The second kappa shape index (κ2) is 16.4. The Morgan fingerprint density at radius 2 is 1.59 bits per heavy atom. The van der Waals surface area contributed by atoms with Crippen LogP contribution < -0.4 is 0 Å². The number of carbonyl (C=O) groups is 2. The number of methoxy groups -OCH3 is 1. The minimum atomic E-state index is -4.44. The number of esters is 1. The van der Waals surface area contributed by atoms with Gasteiger partial charge in [-0.1, -0.05) is 77.0 Å². The van der Waals surface area contributed by atoms with E-state index in [4.69, 9.17) is 19.5 Å². The highest BCUT2D eigenvalue weighted by Gasteiger charge is 2.30. The van der Waals surface area contributed by atoms with Gasteiger partial charge in [-0.3, -0.25) is 4.79 Å². The number of rotatable bonds is 11. The molecule has 8 nitrogen and oxygen atoms in total. The summed E-state index contributed by atoms with van der Waals surface area (Å²) in [7, 11) is 2.51. The second-order valence-electron chi connectivity index (χ2n) is 8.53. The number of ether oxygens (including phenoxy) is 1. The molecule has 41 heavy (non-hydrogen) atoms. The number of nitrogens with zero attached hydrogens (tertiary/aromatic N) is 2. The molecule has 0 unspecified atom stereocenters. The van der Waals surface area contributed by atoms with Crippen LogP contribution in [0.15, 0.2) is 89.2 Å². The lowest BCUT2D eigenvalue weighted by Crippen LogP contribution is -2.19. The molecular weight excluding hydrogens is 541 g/mol. The third-order valence-electron chi connectivity index (χ3n) is 5.56. The molecular formula is C30H31F3N2O6. The van der Waals surface area contributed by atoms with Gasteiger partial charge >= 0.3 is 18.1 Å². The number of carboxylic acids is 1. The van der Waals surface area contributed by atoms with Gasteiger partial charge in [-0.05, 0) is 43.0 Å². The van der Waals surface area contributed by atoms with E-state index in [2.05, 4.69) is 10.3 Å². The SMILES string of the molecule is CO/N=C(/C(=O)OC)c1ccccc1CO/N=C(\C)c1cccc(C(F)(F)F)c1.O=C(O)CCCc1ccccc1. The number of aliphatic carboxylic acids is 1. The summed E-state index contributed by atoms with van der Waals surface area (Å²) >= 11 is 0. The Kier molecular flexibility index (Phi) is 13.0. The number of carbonyl (C=O) groups excluding carboxylic acids is 1. The van der Waals surface area contributed by atoms with Crippen LogP contribution in [-0.4, -0.2) is 42.7 Å². The summed E-state index contributed by atoms with van der Waals surface area (Å²) in [6.07, 6.45) is -2.61. The minimum absolute atomic E-state index is 0.0484. The van der Waals surface area contributed by atoms with E-state index >= 15 is 0 Å². The van der Waals surface area contributed by atoms with E-state index in [0.717, 1.165) is 25.0 Å². The zero-order valence-corrected chi connectivity index (χ0v) is 22.9. The lowest BCUT2D eigenvalue weighted by molar-refractivity contribution is -0.138. The predicted octanol–water partition coefficient (Wildman–Crippen LogP) is 6.26. The van der Waals surface area contributed by atoms with Crippen LogP contribution in [-0.2, 0) is 43.2 Å². The molecule has 0 atom stereocenters. The highest BCUT2D eigenvalue weighted by molar-refractivity contribution is 6.43. The number of benzene rings is 3. The van der Waals surface area contributed by atoms with Crippen molar-refractivity contribution in [2.24, 2.45) is 10.3 Å². The summed E-state index contributed by atoms with van der Waals surface area (Å²) in [5, 5.41) is 16.0. The van der Waals surface area contributed by atoms with Crippen LogP contribution in [0, 0.1) is 0 Å². The lowest BCUT2D eigenvalue weighted by atomic mass is 10.0. The molecule has 218 valence electrons. The summed E-state index contributed by atoms with van der Waals surface area (Å²) in [5.41, 5.74) is 1.93. The number of carboxylic acid groups (broad SMARTS) is 1. The lowest BCUT2D eigenvalue weighted by Gasteiger charge is -2.10. The molecule has 0 amide bonds. The highest BCUT2D eigenvalue weighted by atomic mass is 19.4. The maximum absolute atomic E-state index is 12.9. The predicted molar refractivity (Wildman–Crippen MR) is 147 cm³/mol. The highest BCUT2D eigenvalue weighted by Crippen LogP contribution is 2.29. The van der Waals surface area contributed by atoms with E-state index < -0.39 is 23.7 Å². The zero-order chi connectivity index (χ0) is 30.3. The van der Waals surface area contributed by atoms with E-state index in [1.165, 1.54) is 38.8 Å². The minimum Gasteiger partial charge on any atom is -0.481 e. The van der Waals surface area contributed by atoms with Crippen molar-refractivity contribution >= 4 is 23.4 Å². The van der Waals surface area contributed by atoms with E-state index in [0.29, 0.717) is 11.1 Å². The first-order valence-corrected chi connectivity index (χ1v) is 12.4. The first-order chi connectivity index (χ1) is 19.6. The summed E-state index contributed by atoms with van der Waals surface area (Å²) in [6, 6.07) is 21.5. The number of oxime groups is 2. The third kappa shape index (κ3) is 11.1. The molecule has 3 rings (SSSR count). The van der Waals surface area contributed by atoms with Crippen LogP contribution in [0.1, 0.15) is 47.6 Å². The first-order valence-electron chi connectivity index (χ1n) is 12.4. The number of alkyl halides is 3. The van der Waals surface area contributed by atoms with Crippen molar-refractivity contribution in [2.45, 2.75) is 39.0 Å². The molecule has 0 aromatic heterocycles. The number of hydrogen-bond donors (Lipinski definition) is 1. The molecule has 0 saturated heterocycles. The van der Waals surface area contributed by atoms with Crippen LogP contribution in [0.4, 0.5) is 13.2 Å². The number of hydrogen-bond acceptors (Lipinski definition) is 7. The van der Waals surface area contributed by atoms with Crippen molar-refractivity contribution in [1.29, 1.82) is 0 Å². The number of halogens is 3. The van der Waals surface area contributed by atoms with Crippen molar-refractivity contribution in [1.82, 2.24) is 0 Å². The molecule has 0 radical (unpaired) electrons. The summed E-state index contributed by atoms with van der Waals surface area (Å²) in [5.74, 6) is -1.41. The van der Waals surface area contributed by atoms with Crippen molar-refractivity contribution in [3.8, 4) is 0 Å². The van der Waals surface area contributed by atoms with Gasteiger partial charge in [0.2, 0.25) is 0 Å². The maximum Gasteiger partial charge on any atom is 0.416 e. The standard InChI is InChI=1S/C20H19F3N2O4.C10H12O2/c1-13(14-8-6-9-16(11-14)20(21,22)23)24-29-12-15-7-4-5-10-17(15)18(25-28-3)19(26)27-2;11-10(12)8-4-7-9-5-2-1-3-6-9/h4-11H,12H2,1-3H3;1-3,5-6H,4,7-8H2,(H,11,12)/b24-13+,25-18+;. The van der Waals surface area contributed by atoms with Gasteiger partial charge in [-0.15, -0.1) is 0 Å². The van der Waals surface area contributed by atoms with Crippen molar-refractivity contribution < 1.29 is 42.3 Å². The maximum atomic E-state index is 12.9. The summed E-state index contributed by atoms with van der Waals surface area (Å²) in [4.78, 5) is 32.1. The summed E-state index contributed by atoms with van der Waals surface area (Å²) < 4.78 is 43.3. The normalized spacial score (nSPS) is 11.7. The summed E-state index contributed by atoms with van der Waals surface area (Å²) in [6.45, 7) is 1.49. The van der Waals surface area contributed by atoms with Gasteiger partial charge in [0.25, 0.3) is 0 Å². The molecule has 3 aromatic rings. The van der Waals surface area contributed by atoms with Crippen LogP contribution in [0.2, 0.25) is 0 Å². The molecule has 0 bridgehead atoms. The van der Waals surface area contributed by atoms with E-state index in [1.54, 1.807) is 24.3 Å². The Morgan fingerprint density at radius 1 is 0.902 bits per heavy atom. The molecule has 1 N–H and O–H groups in total. The van der Waals surface area contributed by atoms with Gasteiger partial charge < -0.3 is 19.5 Å². The van der Waals surface area contributed by atoms with E-state index in [1.807, 2.05) is 30.3 Å². The van der Waals surface area contributed by atoms with Gasteiger partial charge in [-0.2, -0.15) is 13.2 Å². The third-order valence-corrected chi connectivity index (χ3v) is 5.56. The van der Waals surface area contributed by atoms with Crippen LogP contribution in [0.25, 0.3) is 0 Å². The Hall–Kier alpha value is -4.67. The van der Waals surface area contributed by atoms with Crippen molar-refractivity contribution in [3.05, 3.63) is 107 Å². The fraction of sp³-hybridized carbons (Fsp3) is 0.267. The Labute approximate surface area is 236 Å². The Morgan fingerprint density at radius 3 is 2.22 bits per heavy atom. The molecule has 3 aromatic carbocycles. The molecule has 0 aliphatic heterocycles. The van der Waals surface area contributed by atoms with Gasteiger partial charge in [0.1, 0.15) is 13.7 Å². The van der Waals surface area contributed by atoms with Crippen LogP contribution in [0.3, 0.4) is 0 Å². The van der Waals surface area contributed by atoms with Crippen molar-refractivity contribution in [2.75, 3.05) is 14.2 Å². The van der Waals surface area contributed by atoms with Crippen molar-refractivity contribution in [3.63, 3.8) is 0 Å². The molecule has 0 heterocycles.